The number of carbonyl (C=O) groups excluding carboxylic acids is 1. The highest BCUT2D eigenvalue weighted by atomic mass is 16.5. The van der Waals surface area contributed by atoms with Crippen molar-refractivity contribution in [2.45, 2.75) is 26.4 Å². The van der Waals surface area contributed by atoms with Gasteiger partial charge in [0.2, 0.25) is 5.91 Å². The highest BCUT2D eigenvalue weighted by molar-refractivity contribution is 5.98. The Hall–Kier alpha value is -1.30. The van der Waals surface area contributed by atoms with E-state index >= 15 is 0 Å². The summed E-state index contributed by atoms with van der Waals surface area (Å²) in [4.78, 5) is 11.0. The van der Waals surface area contributed by atoms with Crippen LogP contribution in [-0.4, -0.2) is 36.2 Å². The quantitative estimate of drug-likeness (QED) is 0.181. The molecule has 0 spiro atoms. The molecule has 0 aromatic heterocycles. The van der Waals surface area contributed by atoms with E-state index in [0.717, 1.165) is 0 Å². The average Bonchev–Trinajstić information content (AvgIpc) is 2.12. The molecule has 0 fully saturated rings. The first kappa shape index (κ1) is 12.7. The highest BCUT2D eigenvalue weighted by Gasteiger charge is 2.03. The Kier molecular flexibility index (Phi) is 6.47. The number of oxime groups is 1. The number of amides is 1. The molecule has 14 heavy (non-hydrogen) atoms. The zero-order valence-corrected chi connectivity index (χ0v) is 8.49. The molecule has 0 aliphatic heterocycles. The van der Waals surface area contributed by atoms with Gasteiger partial charge in [0, 0.05) is 6.54 Å². The van der Waals surface area contributed by atoms with Crippen molar-refractivity contribution in [3.63, 3.8) is 0 Å². The van der Waals surface area contributed by atoms with E-state index in [9.17, 15) is 4.79 Å². The molecule has 0 atom stereocenters. The summed E-state index contributed by atoms with van der Waals surface area (Å²) in [6, 6.07) is 0. The first-order chi connectivity index (χ1) is 6.56. The third-order valence-corrected chi connectivity index (χ3v) is 1.35. The van der Waals surface area contributed by atoms with Gasteiger partial charge in [-0.05, 0) is 13.8 Å². The van der Waals surface area contributed by atoms with E-state index in [2.05, 4.69) is 10.5 Å². The van der Waals surface area contributed by atoms with Gasteiger partial charge in [0.15, 0.2) is 0 Å². The van der Waals surface area contributed by atoms with Crippen LogP contribution in [0.2, 0.25) is 0 Å². The van der Waals surface area contributed by atoms with Crippen LogP contribution in [0, 0.1) is 0 Å². The van der Waals surface area contributed by atoms with Crippen LogP contribution in [0.15, 0.2) is 5.16 Å². The van der Waals surface area contributed by atoms with E-state index in [1.165, 1.54) is 0 Å². The van der Waals surface area contributed by atoms with E-state index in [0.29, 0.717) is 13.2 Å². The van der Waals surface area contributed by atoms with Crippen molar-refractivity contribution in [1.82, 2.24) is 5.32 Å². The molecule has 0 rings (SSSR count). The Morgan fingerprint density at radius 2 is 2.29 bits per heavy atom. The first-order valence-corrected chi connectivity index (χ1v) is 4.41. The van der Waals surface area contributed by atoms with Gasteiger partial charge in [-0.1, -0.05) is 5.16 Å². The van der Waals surface area contributed by atoms with E-state index in [4.69, 9.17) is 15.7 Å². The number of ether oxygens (including phenoxy) is 1. The number of amidine groups is 1. The molecule has 0 aromatic carbocycles. The third-order valence-electron chi connectivity index (χ3n) is 1.35. The van der Waals surface area contributed by atoms with E-state index in [1.54, 1.807) is 0 Å². The second kappa shape index (κ2) is 7.14. The Morgan fingerprint density at radius 1 is 1.64 bits per heavy atom. The molecule has 0 aliphatic carbocycles. The summed E-state index contributed by atoms with van der Waals surface area (Å²) < 4.78 is 5.20. The van der Waals surface area contributed by atoms with Crippen molar-refractivity contribution in [3.8, 4) is 0 Å². The number of hydrogen-bond donors (Lipinski definition) is 3. The predicted octanol–water partition coefficient (Wildman–Crippen LogP) is -0.336. The van der Waals surface area contributed by atoms with Crippen LogP contribution in [0.4, 0.5) is 0 Å². The minimum absolute atomic E-state index is 0.0990. The van der Waals surface area contributed by atoms with Crippen molar-refractivity contribution in [3.05, 3.63) is 0 Å². The van der Waals surface area contributed by atoms with Crippen LogP contribution in [-0.2, 0) is 9.53 Å². The van der Waals surface area contributed by atoms with Gasteiger partial charge in [-0.15, -0.1) is 0 Å². The highest BCUT2D eigenvalue weighted by Crippen LogP contribution is 1.85. The number of nitrogens with one attached hydrogen (secondary N) is 1. The van der Waals surface area contributed by atoms with Crippen molar-refractivity contribution >= 4 is 11.7 Å². The van der Waals surface area contributed by atoms with E-state index in [1.807, 2.05) is 13.8 Å². The van der Waals surface area contributed by atoms with E-state index in [-0.39, 0.29) is 24.3 Å². The minimum Gasteiger partial charge on any atom is -0.409 e. The molecule has 0 aliphatic rings. The van der Waals surface area contributed by atoms with Crippen molar-refractivity contribution in [2.75, 3.05) is 13.2 Å². The maximum Gasteiger partial charge on any atom is 0.227 e. The molecule has 0 radical (unpaired) electrons. The summed E-state index contributed by atoms with van der Waals surface area (Å²) in [6.07, 6.45) is 0.0500. The summed E-state index contributed by atoms with van der Waals surface area (Å²) in [5.74, 6) is -0.389. The van der Waals surface area contributed by atoms with Gasteiger partial charge in [-0.2, -0.15) is 0 Å². The van der Waals surface area contributed by atoms with Gasteiger partial charge in [0.1, 0.15) is 5.84 Å². The lowest BCUT2D eigenvalue weighted by Gasteiger charge is -2.08. The van der Waals surface area contributed by atoms with Gasteiger partial charge >= 0.3 is 0 Å². The summed E-state index contributed by atoms with van der Waals surface area (Å²) >= 11 is 0. The molecule has 6 heteroatoms. The molecule has 4 N–H and O–H groups in total. The zero-order chi connectivity index (χ0) is 11.0. The standard InChI is InChI=1S/C8H17N3O3/c1-6(2)14-4-3-10-8(12)5-7(9)11-13/h6,13H,3-5H2,1-2H3,(H2,9,11)(H,10,12). The maximum absolute atomic E-state index is 11.0. The number of nitrogens with zero attached hydrogens (tertiary/aromatic N) is 1. The molecular formula is C8H17N3O3. The molecular weight excluding hydrogens is 186 g/mol. The van der Waals surface area contributed by atoms with Crippen LogP contribution in [0.5, 0.6) is 0 Å². The molecule has 1 amide bonds. The molecule has 0 saturated heterocycles. The monoisotopic (exact) mass is 203 g/mol. The molecule has 0 bridgehead atoms. The molecule has 0 heterocycles. The normalized spacial score (nSPS) is 11.8. The molecule has 0 unspecified atom stereocenters. The molecule has 6 nitrogen and oxygen atoms in total. The molecule has 0 saturated carbocycles. The molecule has 82 valence electrons. The fourth-order valence-electron chi connectivity index (χ4n) is 0.747. The Labute approximate surface area is 83.1 Å². The van der Waals surface area contributed by atoms with Gasteiger partial charge in [0.25, 0.3) is 0 Å². The van der Waals surface area contributed by atoms with E-state index < -0.39 is 0 Å². The van der Waals surface area contributed by atoms with Gasteiger partial charge in [-0.3, -0.25) is 4.79 Å². The number of rotatable bonds is 6. The fraction of sp³-hybridized carbons (Fsp3) is 0.750. The zero-order valence-electron chi connectivity index (χ0n) is 8.49. The predicted molar refractivity (Wildman–Crippen MR) is 52.1 cm³/mol. The van der Waals surface area contributed by atoms with Crippen molar-refractivity contribution in [2.24, 2.45) is 10.9 Å². The number of carbonyl (C=O) groups is 1. The van der Waals surface area contributed by atoms with Crippen LogP contribution in [0.1, 0.15) is 20.3 Å². The second-order valence-corrected chi connectivity index (χ2v) is 3.04. The lowest BCUT2D eigenvalue weighted by molar-refractivity contribution is -0.120. The second-order valence-electron chi connectivity index (χ2n) is 3.04. The Balaban J connectivity index is 3.45. The topological polar surface area (TPSA) is 96.9 Å². The smallest absolute Gasteiger partial charge is 0.227 e. The summed E-state index contributed by atoms with van der Waals surface area (Å²) in [5, 5.41) is 13.4. The lowest BCUT2D eigenvalue weighted by Crippen LogP contribution is -2.31. The molecule has 0 aromatic rings. The summed E-state index contributed by atoms with van der Waals surface area (Å²) in [5.41, 5.74) is 5.13. The SMILES string of the molecule is CC(C)OCCNC(=O)CC(N)=NO. The van der Waals surface area contributed by atoms with Gasteiger partial charge < -0.3 is 21.0 Å². The Morgan fingerprint density at radius 3 is 2.79 bits per heavy atom. The van der Waals surface area contributed by atoms with Crippen LogP contribution in [0.25, 0.3) is 0 Å². The van der Waals surface area contributed by atoms with Gasteiger partial charge in [0.05, 0.1) is 19.1 Å². The van der Waals surface area contributed by atoms with Gasteiger partial charge in [-0.25, -0.2) is 0 Å². The maximum atomic E-state index is 11.0. The van der Waals surface area contributed by atoms with Crippen LogP contribution in [0.3, 0.4) is 0 Å². The van der Waals surface area contributed by atoms with Crippen molar-refractivity contribution < 1.29 is 14.7 Å². The Bertz CT molecular complexity index is 204. The average molecular weight is 203 g/mol. The minimum atomic E-state index is -0.285. The lowest BCUT2D eigenvalue weighted by atomic mass is 10.4. The number of hydrogen-bond acceptors (Lipinski definition) is 4. The largest absolute Gasteiger partial charge is 0.409 e. The van der Waals surface area contributed by atoms with Crippen LogP contribution < -0.4 is 11.1 Å². The summed E-state index contributed by atoms with van der Waals surface area (Å²) in [7, 11) is 0. The summed E-state index contributed by atoms with van der Waals surface area (Å²) in [6.45, 7) is 4.71. The fourth-order valence-corrected chi connectivity index (χ4v) is 0.747. The third kappa shape index (κ3) is 7.35. The number of nitrogens with two attached hydrogens (primary N) is 1. The first-order valence-electron chi connectivity index (χ1n) is 4.41. The van der Waals surface area contributed by atoms with Crippen molar-refractivity contribution in [1.29, 1.82) is 0 Å². The van der Waals surface area contributed by atoms with Crippen LogP contribution >= 0.6 is 0 Å².